The molecule has 3 rings (SSSR count). The van der Waals surface area contributed by atoms with E-state index in [1.807, 2.05) is 0 Å². The minimum absolute atomic E-state index is 0.211. The van der Waals surface area contributed by atoms with Gasteiger partial charge in [0.05, 0.1) is 5.75 Å². The summed E-state index contributed by atoms with van der Waals surface area (Å²) in [5.74, 6) is 0.211. The van der Waals surface area contributed by atoms with Gasteiger partial charge in [-0.2, -0.15) is 4.31 Å². The molecule has 0 aromatic heterocycles. The number of rotatable bonds is 3. The van der Waals surface area contributed by atoms with E-state index in [0.717, 1.165) is 19.5 Å². The van der Waals surface area contributed by atoms with Gasteiger partial charge in [-0.1, -0.05) is 24.3 Å². The highest BCUT2D eigenvalue weighted by atomic mass is 32.2. The van der Waals surface area contributed by atoms with E-state index in [0.29, 0.717) is 19.1 Å². The lowest BCUT2D eigenvalue weighted by atomic mass is 9.97. The van der Waals surface area contributed by atoms with Crippen molar-refractivity contribution in [1.29, 1.82) is 0 Å². The van der Waals surface area contributed by atoms with Crippen LogP contribution in [0.2, 0.25) is 0 Å². The van der Waals surface area contributed by atoms with Gasteiger partial charge in [0.1, 0.15) is 0 Å². The summed E-state index contributed by atoms with van der Waals surface area (Å²) in [5, 5.41) is 0. The highest BCUT2D eigenvalue weighted by Crippen LogP contribution is 2.25. The lowest BCUT2D eigenvalue weighted by Gasteiger charge is -2.46. The van der Waals surface area contributed by atoms with Gasteiger partial charge in [-0.25, -0.2) is 8.42 Å². The lowest BCUT2D eigenvalue weighted by Crippen LogP contribution is -2.61. The van der Waals surface area contributed by atoms with Crippen LogP contribution < -0.4 is 0 Å². The highest BCUT2D eigenvalue weighted by Gasteiger charge is 2.38. The average Bonchev–Trinajstić information content (AvgIpc) is 2.36. The Morgan fingerprint density at radius 3 is 2.58 bits per heavy atom. The Morgan fingerprint density at radius 2 is 1.89 bits per heavy atom. The van der Waals surface area contributed by atoms with E-state index in [4.69, 9.17) is 0 Å². The Bertz CT molecular complexity index is 565. The van der Waals surface area contributed by atoms with Crippen LogP contribution in [-0.2, 0) is 23.0 Å². The predicted molar refractivity (Wildman–Crippen MR) is 75.4 cm³/mol. The van der Waals surface area contributed by atoms with Crippen LogP contribution in [0.15, 0.2) is 24.3 Å². The average molecular weight is 280 g/mol. The van der Waals surface area contributed by atoms with Crippen LogP contribution in [0.5, 0.6) is 0 Å². The molecule has 0 amide bonds. The second-order valence-corrected chi connectivity index (χ2v) is 7.62. The third-order valence-corrected chi connectivity index (χ3v) is 6.08. The van der Waals surface area contributed by atoms with Gasteiger partial charge in [0.15, 0.2) is 0 Å². The maximum atomic E-state index is 11.7. The molecular weight excluding hydrogens is 260 g/mol. The lowest BCUT2D eigenvalue weighted by molar-refractivity contribution is 0.0770. The third-order valence-electron chi connectivity index (χ3n) is 4.26. The number of benzene rings is 1. The van der Waals surface area contributed by atoms with Gasteiger partial charge in [-0.15, -0.1) is 0 Å². The molecule has 1 fully saturated rings. The van der Waals surface area contributed by atoms with Crippen molar-refractivity contribution in [3.05, 3.63) is 35.4 Å². The smallest absolute Gasteiger partial charge is 0.213 e. The maximum absolute atomic E-state index is 11.7. The molecule has 0 spiro atoms. The molecule has 0 aliphatic carbocycles. The van der Waals surface area contributed by atoms with E-state index >= 15 is 0 Å². The summed E-state index contributed by atoms with van der Waals surface area (Å²) in [6.45, 7) is 5.04. The van der Waals surface area contributed by atoms with Gasteiger partial charge in [0.2, 0.25) is 10.0 Å². The second kappa shape index (κ2) is 4.89. The second-order valence-electron chi connectivity index (χ2n) is 5.36. The van der Waals surface area contributed by atoms with E-state index < -0.39 is 10.0 Å². The first-order valence-corrected chi connectivity index (χ1v) is 8.49. The molecule has 19 heavy (non-hydrogen) atoms. The van der Waals surface area contributed by atoms with Crippen molar-refractivity contribution >= 4 is 10.0 Å². The molecule has 2 aliphatic heterocycles. The largest absolute Gasteiger partial charge is 0.293 e. The molecule has 5 heteroatoms. The zero-order valence-electron chi connectivity index (χ0n) is 11.2. The van der Waals surface area contributed by atoms with Crippen molar-refractivity contribution in [2.24, 2.45) is 0 Å². The SMILES string of the molecule is CCS(=O)(=O)N1CC(N2CCc3ccccc3C2)C1. The van der Waals surface area contributed by atoms with E-state index in [1.165, 1.54) is 11.1 Å². The van der Waals surface area contributed by atoms with E-state index in [1.54, 1.807) is 11.2 Å². The van der Waals surface area contributed by atoms with Gasteiger partial charge in [-0.3, -0.25) is 4.90 Å². The minimum Gasteiger partial charge on any atom is -0.293 e. The van der Waals surface area contributed by atoms with Crippen LogP contribution in [0.4, 0.5) is 0 Å². The summed E-state index contributed by atoms with van der Waals surface area (Å²) in [6.07, 6.45) is 1.08. The fourth-order valence-corrected chi connectivity index (χ4v) is 4.05. The Morgan fingerprint density at radius 1 is 1.21 bits per heavy atom. The molecule has 0 unspecified atom stereocenters. The third kappa shape index (κ3) is 2.42. The molecular formula is C14H20N2O2S. The summed E-state index contributed by atoms with van der Waals surface area (Å²) in [6, 6.07) is 8.95. The standard InChI is InChI=1S/C14H20N2O2S/c1-2-19(17,18)16-10-14(11-16)15-8-7-12-5-3-4-6-13(12)9-15/h3-6,14H,2,7-11H2,1H3. The first-order valence-electron chi connectivity index (χ1n) is 6.89. The van der Waals surface area contributed by atoms with Crippen molar-refractivity contribution in [1.82, 2.24) is 9.21 Å². The fourth-order valence-electron chi connectivity index (χ4n) is 2.89. The molecule has 1 aromatic rings. The molecule has 0 N–H and O–H groups in total. The van der Waals surface area contributed by atoms with Crippen LogP contribution in [-0.4, -0.2) is 49.1 Å². The van der Waals surface area contributed by atoms with E-state index in [2.05, 4.69) is 29.2 Å². The Hall–Kier alpha value is -0.910. The molecule has 0 saturated carbocycles. The molecule has 0 bridgehead atoms. The van der Waals surface area contributed by atoms with Gasteiger partial charge in [0.25, 0.3) is 0 Å². The normalized spacial score (nSPS) is 21.9. The summed E-state index contributed by atoms with van der Waals surface area (Å²) >= 11 is 0. The maximum Gasteiger partial charge on any atom is 0.213 e. The number of hydrogen-bond donors (Lipinski definition) is 0. The van der Waals surface area contributed by atoms with Gasteiger partial charge < -0.3 is 0 Å². The van der Waals surface area contributed by atoms with Crippen LogP contribution in [0.25, 0.3) is 0 Å². The number of nitrogens with zero attached hydrogens (tertiary/aromatic N) is 2. The molecule has 1 saturated heterocycles. The monoisotopic (exact) mass is 280 g/mol. The Balaban J connectivity index is 1.63. The first-order chi connectivity index (χ1) is 9.10. The summed E-state index contributed by atoms with van der Waals surface area (Å²) < 4.78 is 25.0. The molecule has 104 valence electrons. The number of fused-ring (bicyclic) bond motifs is 1. The number of sulfonamides is 1. The van der Waals surface area contributed by atoms with Crippen LogP contribution in [0.3, 0.4) is 0 Å². The Labute approximate surface area is 115 Å². The fraction of sp³-hybridized carbons (Fsp3) is 0.571. The molecule has 2 heterocycles. The van der Waals surface area contributed by atoms with E-state index in [-0.39, 0.29) is 5.75 Å². The number of hydrogen-bond acceptors (Lipinski definition) is 3. The molecule has 1 aromatic carbocycles. The molecule has 0 radical (unpaired) electrons. The van der Waals surface area contributed by atoms with Gasteiger partial charge in [-0.05, 0) is 24.5 Å². The summed E-state index contributed by atoms with van der Waals surface area (Å²) in [7, 11) is -2.99. The van der Waals surface area contributed by atoms with Crippen molar-refractivity contribution in [2.75, 3.05) is 25.4 Å². The quantitative estimate of drug-likeness (QED) is 0.832. The Kier molecular flexibility index (Phi) is 3.37. The van der Waals surface area contributed by atoms with Crippen LogP contribution in [0.1, 0.15) is 18.1 Å². The topological polar surface area (TPSA) is 40.6 Å². The van der Waals surface area contributed by atoms with Crippen LogP contribution in [0, 0.1) is 0 Å². The molecule has 2 aliphatic rings. The highest BCUT2D eigenvalue weighted by molar-refractivity contribution is 7.89. The van der Waals surface area contributed by atoms with Crippen molar-refractivity contribution in [2.45, 2.75) is 25.9 Å². The molecule has 4 nitrogen and oxygen atoms in total. The van der Waals surface area contributed by atoms with Gasteiger partial charge in [0, 0.05) is 32.2 Å². The van der Waals surface area contributed by atoms with Gasteiger partial charge >= 0.3 is 0 Å². The zero-order chi connectivity index (χ0) is 13.5. The zero-order valence-corrected chi connectivity index (χ0v) is 12.1. The van der Waals surface area contributed by atoms with Crippen molar-refractivity contribution in [3.63, 3.8) is 0 Å². The molecule has 0 atom stereocenters. The predicted octanol–water partition coefficient (Wildman–Crippen LogP) is 1.08. The van der Waals surface area contributed by atoms with Crippen molar-refractivity contribution in [3.8, 4) is 0 Å². The van der Waals surface area contributed by atoms with Crippen molar-refractivity contribution < 1.29 is 8.42 Å². The van der Waals surface area contributed by atoms with E-state index in [9.17, 15) is 8.42 Å². The first kappa shape index (κ1) is 13.1. The summed E-state index contributed by atoms with van der Waals surface area (Å²) in [4.78, 5) is 2.42. The summed E-state index contributed by atoms with van der Waals surface area (Å²) in [5.41, 5.74) is 2.83. The minimum atomic E-state index is -2.99. The van der Waals surface area contributed by atoms with Crippen LogP contribution >= 0.6 is 0 Å².